The van der Waals surface area contributed by atoms with Crippen LogP contribution in [-0.2, 0) is 0 Å². The molecule has 0 spiro atoms. The minimum atomic E-state index is -0.424. The van der Waals surface area contributed by atoms with Crippen molar-refractivity contribution in [1.29, 1.82) is 0 Å². The van der Waals surface area contributed by atoms with Gasteiger partial charge in [-0.1, -0.05) is 12.1 Å². The molecule has 1 heterocycles. The molecular weight excluding hydrogens is 220 g/mol. The zero-order chi connectivity index (χ0) is 11.4. The van der Waals surface area contributed by atoms with Crippen LogP contribution in [0.4, 0.5) is 0 Å². The number of rotatable bonds is 3. The number of nitrogens with zero attached hydrogens (tertiary/aromatic N) is 2. The molecule has 82 valence electrons. The normalized spacial score (nSPS) is 12.4. The van der Waals surface area contributed by atoms with E-state index in [0.29, 0.717) is 0 Å². The second-order valence-electron chi connectivity index (χ2n) is 3.38. The molecule has 0 aliphatic rings. The highest BCUT2D eigenvalue weighted by Gasteiger charge is 2.02. The summed E-state index contributed by atoms with van der Waals surface area (Å²) in [6.45, 7) is 1.75. The first kappa shape index (κ1) is 11.1. The van der Waals surface area contributed by atoms with E-state index < -0.39 is 6.10 Å². The van der Waals surface area contributed by atoms with Gasteiger partial charge in [-0.25, -0.2) is 9.97 Å². The summed E-state index contributed by atoms with van der Waals surface area (Å²) in [5.74, 6) is 0. The molecule has 0 aliphatic heterocycles. The van der Waals surface area contributed by atoms with Crippen LogP contribution in [-0.4, -0.2) is 15.1 Å². The van der Waals surface area contributed by atoms with Gasteiger partial charge in [-0.15, -0.1) is 0 Å². The van der Waals surface area contributed by atoms with Gasteiger partial charge in [0.25, 0.3) is 0 Å². The highest BCUT2D eigenvalue weighted by molar-refractivity contribution is 7.99. The van der Waals surface area contributed by atoms with Crippen molar-refractivity contribution in [3.05, 3.63) is 48.3 Å². The predicted molar refractivity (Wildman–Crippen MR) is 63.2 cm³/mol. The number of aliphatic hydroxyl groups excluding tert-OH is 1. The molecule has 0 amide bonds. The first-order valence-corrected chi connectivity index (χ1v) is 5.80. The first-order valence-electron chi connectivity index (χ1n) is 4.98. The minimum Gasteiger partial charge on any atom is -0.389 e. The van der Waals surface area contributed by atoms with Gasteiger partial charge in [-0.2, -0.15) is 0 Å². The smallest absolute Gasteiger partial charge is 0.192 e. The van der Waals surface area contributed by atoms with Crippen molar-refractivity contribution in [1.82, 2.24) is 9.97 Å². The van der Waals surface area contributed by atoms with Crippen LogP contribution in [0.25, 0.3) is 0 Å². The van der Waals surface area contributed by atoms with Crippen molar-refractivity contribution >= 4 is 11.8 Å². The zero-order valence-corrected chi connectivity index (χ0v) is 9.69. The topological polar surface area (TPSA) is 46.0 Å². The summed E-state index contributed by atoms with van der Waals surface area (Å²) < 4.78 is 0. The number of aliphatic hydroxyl groups is 1. The molecule has 1 unspecified atom stereocenters. The van der Waals surface area contributed by atoms with Crippen LogP contribution in [0.2, 0.25) is 0 Å². The quantitative estimate of drug-likeness (QED) is 0.826. The summed E-state index contributed by atoms with van der Waals surface area (Å²) in [5, 5.41) is 10.1. The number of hydrogen-bond donors (Lipinski definition) is 1. The van der Waals surface area contributed by atoms with Gasteiger partial charge in [0.05, 0.1) is 6.10 Å². The summed E-state index contributed by atoms with van der Waals surface area (Å²) in [4.78, 5) is 9.33. The average Bonchev–Trinajstić information content (AvgIpc) is 2.31. The van der Waals surface area contributed by atoms with Gasteiger partial charge < -0.3 is 5.11 Å². The monoisotopic (exact) mass is 232 g/mol. The minimum absolute atomic E-state index is 0.424. The van der Waals surface area contributed by atoms with Gasteiger partial charge in [0.1, 0.15) is 0 Å². The van der Waals surface area contributed by atoms with E-state index in [1.165, 1.54) is 11.8 Å². The Hall–Kier alpha value is -1.39. The third-order valence-electron chi connectivity index (χ3n) is 2.11. The fraction of sp³-hybridized carbons (Fsp3) is 0.167. The molecule has 1 aromatic heterocycles. The molecule has 0 fully saturated rings. The SMILES string of the molecule is CC(O)c1ccc(Sc2ncccn2)cc1. The van der Waals surface area contributed by atoms with Crippen molar-refractivity contribution in [3.8, 4) is 0 Å². The van der Waals surface area contributed by atoms with E-state index in [4.69, 9.17) is 0 Å². The van der Waals surface area contributed by atoms with Crippen LogP contribution < -0.4 is 0 Å². The molecule has 0 radical (unpaired) electrons. The first-order chi connectivity index (χ1) is 7.75. The Morgan fingerprint density at radius 1 is 1.12 bits per heavy atom. The van der Waals surface area contributed by atoms with E-state index in [1.807, 2.05) is 24.3 Å². The summed E-state index contributed by atoms with van der Waals surface area (Å²) in [6.07, 6.45) is 3.02. The van der Waals surface area contributed by atoms with Crippen LogP contribution in [0.3, 0.4) is 0 Å². The average molecular weight is 232 g/mol. The van der Waals surface area contributed by atoms with Crippen molar-refractivity contribution in [2.45, 2.75) is 23.1 Å². The third-order valence-corrected chi connectivity index (χ3v) is 3.01. The third kappa shape index (κ3) is 2.81. The Morgan fingerprint density at radius 3 is 2.31 bits per heavy atom. The molecule has 2 rings (SSSR count). The second kappa shape index (κ2) is 5.09. The van der Waals surface area contributed by atoms with Crippen LogP contribution in [0.1, 0.15) is 18.6 Å². The lowest BCUT2D eigenvalue weighted by atomic mass is 10.1. The van der Waals surface area contributed by atoms with Crippen LogP contribution in [0, 0.1) is 0 Å². The Bertz CT molecular complexity index is 442. The standard InChI is InChI=1S/C12H12N2OS/c1-9(15)10-3-5-11(6-4-10)16-12-13-7-2-8-14-12/h2-9,15H,1H3. The van der Waals surface area contributed by atoms with Crippen LogP contribution in [0.5, 0.6) is 0 Å². The molecule has 0 bridgehead atoms. The van der Waals surface area contributed by atoms with E-state index in [9.17, 15) is 5.11 Å². The van der Waals surface area contributed by atoms with Gasteiger partial charge >= 0.3 is 0 Å². The number of benzene rings is 1. The van der Waals surface area contributed by atoms with E-state index >= 15 is 0 Å². The number of hydrogen-bond acceptors (Lipinski definition) is 4. The van der Waals surface area contributed by atoms with Crippen LogP contribution >= 0.6 is 11.8 Å². The molecular formula is C12H12N2OS. The second-order valence-corrected chi connectivity index (χ2v) is 4.42. The Morgan fingerprint density at radius 2 is 1.75 bits per heavy atom. The lowest BCUT2D eigenvalue weighted by Crippen LogP contribution is -1.90. The molecule has 1 N–H and O–H groups in total. The van der Waals surface area contributed by atoms with Gasteiger partial charge in [0.2, 0.25) is 0 Å². The largest absolute Gasteiger partial charge is 0.389 e. The van der Waals surface area contributed by atoms with Gasteiger partial charge in [0.15, 0.2) is 5.16 Å². The molecule has 0 saturated heterocycles. The summed E-state index contributed by atoms with van der Waals surface area (Å²) in [5.41, 5.74) is 0.915. The maximum Gasteiger partial charge on any atom is 0.192 e. The molecule has 0 saturated carbocycles. The molecule has 2 aromatic rings. The summed E-state index contributed by atoms with van der Waals surface area (Å²) in [6, 6.07) is 9.54. The summed E-state index contributed by atoms with van der Waals surface area (Å²) in [7, 11) is 0. The van der Waals surface area contributed by atoms with Crippen molar-refractivity contribution in [2.75, 3.05) is 0 Å². The fourth-order valence-corrected chi connectivity index (χ4v) is 1.97. The van der Waals surface area contributed by atoms with E-state index in [-0.39, 0.29) is 0 Å². The van der Waals surface area contributed by atoms with E-state index in [2.05, 4.69) is 9.97 Å². The Balaban J connectivity index is 2.11. The molecule has 4 heteroatoms. The highest BCUT2D eigenvalue weighted by atomic mass is 32.2. The van der Waals surface area contributed by atoms with E-state index in [1.54, 1.807) is 25.4 Å². The van der Waals surface area contributed by atoms with Crippen molar-refractivity contribution in [2.24, 2.45) is 0 Å². The summed E-state index contributed by atoms with van der Waals surface area (Å²) >= 11 is 1.50. The zero-order valence-electron chi connectivity index (χ0n) is 8.87. The number of aromatic nitrogens is 2. The predicted octanol–water partition coefficient (Wildman–Crippen LogP) is 2.68. The molecule has 1 aromatic carbocycles. The maximum absolute atomic E-state index is 9.37. The lowest BCUT2D eigenvalue weighted by Gasteiger charge is -2.05. The van der Waals surface area contributed by atoms with Gasteiger partial charge in [-0.05, 0) is 42.4 Å². The Labute approximate surface area is 98.6 Å². The highest BCUT2D eigenvalue weighted by Crippen LogP contribution is 2.25. The van der Waals surface area contributed by atoms with Crippen molar-refractivity contribution < 1.29 is 5.11 Å². The van der Waals surface area contributed by atoms with Gasteiger partial charge in [0, 0.05) is 17.3 Å². The van der Waals surface area contributed by atoms with Gasteiger partial charge in [-0.3, -0.25) is 0 Å². The molecule has 3 nitrogen and oxygen atoms in total. The van der Waals surface area contributed by atoms with E-state index in [0.717, 1.165) is 15.6 Å². The lowest BCUT2D eigenvalue weighted by molar-refractivity contribution is 0.199. The fourth-order valence-electron chi connectivity index (χ4n) is 1.26. The molecule has 1 atom stereocenters. The molecule has 0 aliphatic carbocycles. The Kier molecular flexibility index (Phi) is 3.54. The van der Waals surface area contributed by atoms with Crippen LogP contribution in [0.15, 0.2) is 52.8 Å². The maximum atomic E-state index is 9.37. The molecule has 16 heavy (non-hydrogen) atoms. The van der Waals surface area contributed by atoms with Crippen molar-refractivity contribution in [3.63, 3.8) is 0 Å².